The van der Waals surface area contributed by atoms with Gasteiger partial charge in [0.05, 0.1) is 18.2 Å². The normalized spacial score (nSPS) is 11.0. The van der Waals surface area contributed by atoms with Crippen molar-refractivity contribution in [1.82, 2.24) is 0 Å². The molecule has 1 aromatic carbocycles. The van der Waals surface area contributed by atoms with Crippen LogP contribution in [0.15, 0.2) is 42.7 Å². The van der Waals surface area contributed by atoms with E-state index in [4.69, 9.17) is 16.3 Å². The Morgan fingerprint density at radius 1 is 0.889 bits per heavy atom. The number of aryl methyl sites for hydroxylation is 1. The van der Waals surface area contributed by atoms with E-state index in [1.807, 2.05) is 54.3 Å². The van der Waals surface area contributed by atoms with Gasteiger partial charge in [-0.2, -0.15) is 0 Å². The Balaban J connectivity index is 1.60. The van der Waals surface area contributed by atoms with Crippen molar-refractivity contribution in [1.29, 1.82) is 0 Å². The average molecular weight is 516 g/mol. The molecule has 2 aromatic rings. The lowest BCUT2D eigenvalue weighted by Crippen LogP contribution is -2.31. The monoisotopic (exact) mass is 515 g/mol. The summed E-state index contributed by atoms with van der Waals surface area (Å²) in [5, 5.41) is 0.544. The van der Waals surface area contributed by atoms with E-state index in [2.05, 4.69) is 6.92 Å². The van der Waals surface area contributed by atoms with Crippen molar-refractivity contribution in [2.75, 3.05) is 11.5 Å². The summed E-state index contributed by atoms with van der Waals surface area (Å²) < 4.78 is 7.92. The van der Waals surface area contributed by atoms with Crippen molar-refractivity contribution in [3.63, 3.8) is 0 Å². The van der Waals surface area contributed by atoms with Crippen LogP contribution < -0.4 is 14.2 Å². The average Bonchev–Trinajstić information content (AvgIpc) is 2.85. The van der Waals surface area contributed by atoms with Gasteiger partial charge in [-0.15, -0.1) is 0 Å². The molecule has 0 unspecified atom stereocenters. The molecule has 0 saturated heterocycles. The van der Waals surface area contributed by atoms with Gasteiger partial charge in [0.2, 0.25) is 5.91 Å². The minimum Gasteiger partial charge on any atom is -0.492 e. The molecule has 0 atom stereocenters. The molecular weight excluding hydrogens is 468 g/mol. The van der Waals surface area contributed by atoms with Crippen LogP contribution in [-0.2, 0) is 18.4 Å². The zero-order chi connectivity index (χ0) is 26.0. The zero-order valence-corrected chi connectivity index (χ0v) is 23.7. The number of benzene rings is 1. The van der Waals surface area contributed by atoms with Crippen molar-refractivity contribution in [2.24, 2.45) is 7.05 Å². The lowest BCUT2D eigenvalue weighted by atomic mass is 10.0. The summed E-state index contributed by atoms with van der Waals surface area (Å²) in [4.78, 5) is 14.0. The number of nitrogens with zero attached hydrogens (tertiary/aromatic N) is 2. The number of hydrogen-bond donors (Lipinski definition) is 0. The molecule has 5 heteroatoms. The van der Waals surface area contributed by atoms with Crippen molar-refractivity contribution >= 4 is 23.2 Å². The number of carbonyl (C=O) groups excluding carboxylic acids is 1. The summed E-state index contributed by atoms with van der Waals surface area (Å²) in [7, 11) is 1.97. The lowest BCUT2D eigenvalue weighted by molar-refractivity contribution is -0.671. The first kappa shape index (κ1) is 30.2. The van der Waals surface area contributed by atoms with Crippen LogP contribution >= 0.6 is 11.6 Å². The van der Waals surface area contributed by atoms with E-state index >= 15 is 0 Å². The van der Waals surface area contributed by atoms with Gasteiger partial charge in [-0.05, 0) is 30.7 Å². The number of hydrogen-bond acceptors (Lipinski definition) is 2. The van der Waals surface area contributed by atoms with Gasteiger partial charge in [-0.25, -0.2) is 4.57 Å². The summed E-state index contributed by atoms with van der Waals surface area (Å²) in [6.45, 7) is 5.03. The first-order chi connectivity index (χ1) is 17.5. The van der Waals surface area contributed by atoms with Crippen LogP contribution in [0, 0.1) is 0 Å². The van der Waals surface area contributed by atoms with Crippen LogP contribution in [0.1, 0.15) is 109 Å². The Morgan fingerprint density at radius 2 is 1.47 bits per heavy atom. The SMILES string of the molecule is CCCCCCCCCCCCCCCCOc1ccc(N(Cc2ccc[n+](C)c2)C(C)=O)cc1Cl. The van der Waals surface area contributed by atoms with Gasteiger partial charge >= 0.3 is 0 Å². The maximum atomic E-state index is 12.3. The third-order valence-corrected chi connectivity index (χ3v) is 7.00. The van der Waals surface area contributed by atoms with E-state index in [-0.39, 0.29) is 5.91 Å². The van der Waals surface area contributed by atoms with Gasteiger partial charge in [0.25, 0.3) is 0 Å². The highest BCUT2D eigenvalue weighted by Crippen LogP contribution is 2.30. The van der Waals surface area contributed by atoms with Crippen LogP contribution in [0.25, 0.3) is 0 Å². The fraction of sp³-hybridized carbons (Fsp3) is 0.613. The molecule has 200 valence electrons. The molecule has 1 amide bonds. The van der Waals surface area contributed by atoms with Crippen LogP contribution in [0.5, 0.6) is 5.75 Å². The Labute approximate surface area is 225 Å². The molecule has 0 aliphatic carbocycles. The van der Waals surface area contributed by atoms with Gasteiger partial charge < -0.3 is 9.64 Å². The first-order valence-corrected chi connectivity index (χ1v) is 14.5. The minimum atomic E-state index is -0.0198. The Kier molecular flexibility index (Phi) is 15.3. The standard InChI is InChI=1S/C31H48ClN2O2/c1-4-5-6-7-8-9-10-11-12-13-14-15-16-17-23-36-31-21-20-29(24-30(31)32)34(27(2)35)26-28-19-18-22-33(3)25-28/h18-22,24-25H,4-17,23,26H2,1-3H3/q+1. The third kappa shape index (κ3) is 12.3. The van der Waals surface area contributed by atoms with Gasteiger partial charge in [0, 0.05) is 24.2 Å². The van der Waals surface area contributed by atoms with Gasteiger partial charge in [0.1, 0.15) is 12.8 Å². The quantitative estimate of drug-likeness (QED) is 0.139. The molecule has 36 heavy (non-hydrogen) atoms. The molecule has 0 radical (unpaired) electrons. The predicted molar refractivity (Wildman–Crippen MR) is 152 cm³/mol. The molecule has 0 aliphatic heterocycles. The van der Waals surface area contributed by atoms with Gasteiger partial charge in [-0.3, -0.25) is 4.79 Å². The van der Waals surface area contributed by atoms with E-state index in [9.17, 15) is 4.79 Å². The third-order valence-electron chi connectivity index (χ3n) is 6.70. The molecule has 4 nitrogen and oxygen atoms in total. The Morgan fingerprint density at radius 3 is 2.00 bits per heavy atom. The summed E-state index contributed by atoms with van der Waals surface area (Å²) >= 11 is 6.50. The minimum absolute atomic E-state index is 0.0198. The summed E-state index contributed by atoms with van der Waals surface area (Å²) in [6, 6.07) is 9.62. The topological polar surface area (TPSA) is 33.4 Å². The van der Waals surface area contributed by atoms with E-state index in [1.165, 1.54) is 83.5 Å². The highest BCUT2D eigenvalue weighted by Gasteiger charge is 2.15. The summed E-state index contributed by atoms with van der Waals surface area (Å²) in [5.74, 6) is 0.665. The summed E-state index contributed by atoms with van der Waals surface area (Å²) in [5.41, 5.74) is 1.84. The molecule has 0 aliphatic rings. The number of pyridine rings is 1. The molecule has 0 spiro atoms. The molecule has 0 bridgehead atoms. The molecule has 0 fully saturated rings. The summed E-state index contributed by atoms with van der Waals surface area (Å²) in [6.07, 6.45) is 22.8. The van der Waals surface area contributed by atoms with Crippen LogP contribution in [0.4, 0.5) is 5.69 Å². The second-order valence-corrected chi connectivity index (χ2v) is 10.4. The number of unbranched alkanes of at least 4 members (excludes halogenated alkanes) is 13. The number of carbonyl (C=O) groups is 1. The van der Waals surface area contributed by atoms with Crippen LogP contribution in [0.2, 0.25) is 5.02 Å². The van der Waals surface area contributed by atoms with Crippen LogP contribution in [0.3, 0.4) is 0 Å². The molecule has 0 saturated carbocycles. The van der Waals surface area contributed by atoms with Gasteiger partial charge in [0.15, 0.2) is 12.4 Å². The number of halogens is 1. The Bertz CT molecular complexity index is 887. The van der Waals surface area contributed by atoms with E-state index in [1.54, 1.807) is 11.8 Å². The maximum Gasteiger partial charge on any atom is 0.224 e. The second kappa shape index (κ2) is 18.2. The molecule has 2 rings (SSSR count). The zero-order valence-electron chi connectivity index (χ0n) is 22.9. The first-order valence-electron chi connectivity index (χ1n) is 14.2. The highest BCUT2D eigenvalue weighted by atomic mass is 35.5. The van der Waals surface area contributed by atoms with Crippen molar-refractivity contribution in [3.8, 4) is 5.75 Å². The van der Waals surface area contributed by atoms with Crippen molar-refractivity contribution < 1.29 is 14.1 Å². The fourth-order valence-electron chi connectivity index (χ4n) is 4.56. The number of ether oxygens (including phenoxy) is 1. The Hall–Kier alpha value is -2.07. The smallest absolute Gasteiger partial charge is 0.224 e. The van der Waals surface area contributed by atoms with Crippen LogP contribution in [-0.4, -0.2) is 12.5 Å². The van der Waals surface area contributed by atoms with Crippen molar-refractivity contribution in [2.45, 2.75) is 110 Å². The number of aromatic nitrogens is 1. The van der Waals surface area contributed by atoms with Crippen molar-refractivity contribution in [3.05, 3.63) is 53.3 Å². The molecular formula is C31H48ClN2O2+. The van der Waals surface area contributed by atoms with Gasteiger partial charge in [-0.1, -0.05) is 102 Å². The molecule has 1 aromatic heterocycles. The lowest BCUT2D eigenvalue weighted by Gasteiger charge is -2.21. The molecule has 0 N–H and O–H groups in total. The number of anilines is 1. The second-order valence-electron chi connectivity index (χ2n) is 10.0. The largest absolute Gasteiger partial charge is 0.492 e. The predicted octanol–water partition coefficient (Wildman–Crippen LogP) is 8.58. The van der Waals surface area contributed by atoms with E-state index < -0.39 is 0 Å². The highest BCUT2D eigenvalue weighted by molar-refractivity contribution is 6.32. The number of rotatable bonds is 19. The fourth-order valence-corrected chi connectivity index (χ4v) is 4.79. The molecule has 1 heterocycles. The van der Waals surface area contributed by atoms with E-state index in [0.29, 0.717) is 23.9 Å². The maximum absolute atomic E-state index is 12.3. The van der Waals surface area contributed by atoms with E-state index in [0.717, 1.165) is 17.7 Å². The number of amides is 1.